The zero-order valence-corrected chi connectivity index (χ0v) is 8.62. The van der Waals surface area contributed by atoms with Gasteiger partial charge in [0.05, 0.1) is 6.61 Å². The first-order valence-electron chi connectivity index (χ1n) is 5.33. The van der Waals surface area contributed by atoms with Crippen LogP contribution in [-0.4, -0.2) is 6.61 Å². The van der Waals surface area contributed by atoms with Gasteiger partial charge in [0.2, 0.25) is 0 Å². The van der Waals surface area contributed by atoms with Crippen LogP contribution in [0.2, 0.25) is 0 Å². The predicted molar refractivity (Wildman–Crippen MR) is 57.5 cm³/mol. The summed E-state index contributed by atoms with van der Waals surface area (Å²) in [6, 6.07) is 6.43. The first-order chi connectivity index (χ1) is 6.83. The summed E-state index contributed by atoms with van der Waals surface area (Å²) in [5, 5.41) is 0. The molecule has 1 aromatic rings. The Balaban J connectivity index is 2.29. The number of hydrogen-bond acceptors (Lipinski definition) is 2. The zero-order chi connectivity index (χ0) is 9.97. The largest absolute Gasteiger partial charge is 0.493 e. The number of hydrogen-bond donors (Lipinski definition) is 1. The maximum atomic E-state index is 6.10. The van der Waals surface area contributed by atoms with Crippen molar-refractivity contribution in [2.24, 2.45) is 5.73 Å². The highest BCUT2D eigenvalue weighted by molar-refractivity contribution is 5.45. The Bertz CT molecular complexity index is 322. The summed E-state index contributed by atoms with van der Waals surface area (Å²) in [7, 11) is 0. The van der Waals surface area contributed by atoms with Crippen molar-refractivity contribution in [1.29, 1.82) is 0 Å². The molecule has 1 heterocycles. The number of fused-ring (bicyclic) bond motifs is 1. The molecule has 1 aliphatic rings. The Morgan fingerprint density at radius 2 is 2.36 bits per heavy atom. The van der Waals surface area contributed by atoms with E-state index in [0.29, 0.717) is 0 Å². The summed E-state index contributed by atoms with van der Waals surface area (Å²) in [6.45, 7) is 2.97. The van der Waals surface area contributed by atoms with Crippen molar-refractivity contribution in [2.45, 2.75) is 32.2 Å². The lowest BCUT2D eigenvalue weighted by atomic mass is 9.99. The van der Waals surface area contributed by atoms with E-state index in [1.54, 1.807) is 0 Å². The van der Waals surface area contributed by atoms with Crippen LogP contribution in [0.1, 0.15) is 36.9 Å². The summed E-state index contributed by atoms with van der Waals surface area (Å²) in [6.07, 6.45) is 3.17. The van der Waals surface area contributed by atoms with Gasteiger partial charge in [0.15, 0.2) is 0 Å². The molecule has 0 saturated carbocycles. The fourth-order valence-electron chi connectivity index (χ4n) is 2.00. The van der Waals surface area contributed by atoms with Gasteiger partial charge in [0.25, 0.3) is 0 Å². The summed E-state index contributed by atoms with van der Waals surface area (Å²) in [5.41, 5.74) is 8.59. The Kier molecular flexibility index (Phi) is 2.73. The maximum absolute atomic E-state index is 6.10. The Morgan fingerprint density at radius 3 is 3.14 bits per heavy atom. The topological polar surface area (TPSA) is 35.2 Å². The number of para-hydroxylation sites is 1. The third-order valence-electron chi connectivity index (χ3n) is 2.74. The lowest BCUT2D eigenvalue weighted by Crippen LogP contribution is -2.10. The molecule has 0 radical (unpaired) electrons. The molecule has 2 N–H and O–H groups in total. The average Bonchev–Trinajstić information content (AvgIpc) is 2.65. The standard InChI is InChI=1S/C12H17NO/c1-2-4-11(13)10-6-3-5-9-7-8-14-12(9)10/h3,5-6,11H,2,4,7-8,13H2,1H3. The molecule has 76 valence electrons. The highest BCUT2D eigenvalue weighted by Crippen LogP contribution is 2.33. The van der Waals surface area contributed by atoms with E-state index in [0.717, 1.165) is 31.6 Å². The van der Waals surface area contributed by atoms with Crippen molar-refractivity contribution in [3.8, 4) is 5.75 Å². The quantitative estimate of drug-likeness (QED) is 0.796. The minimum Gasteiger partial charge on any atom is -0.493 e. The fraction of sp³-hybridized carbons (Fsp3) is 0.500. The molecular formula is C12H17NO. The number of rotatable bonds is 3. The molecular weight excluding hydrogens is 174 g/mol. The zero-order valence-electron chi connectivity index (χ0n) is 8.62. The molecule has 2 heteroatoms. The van der Waals surface area contributed by atoms with Crippen molar-refractivity contribution in [1.82, 2.24) is 0 Å². The molecule has 1 aromatic carbocycles. The van der Waals surface area contributed by atoms with Crippen LogP contribution in [0.25, 0.3) is 0 Å². The molecule has 0 fully saturated rings. The second-order valence-corrected chi connectivity index (χ2v) is 3.83. The lowest BCUT2D eigenvalue weighted by Gasteiger charge is -2.14. The molecule has 1 aliphatic heterocycles. The number of ether oxygens (including phenoxy) is 1. The van der Waals surface area contributed by atoms with E-state index in [4.69, 9.17) is 10.5 Å². The van der Waals surface area contributed by atoms with Crippen molar-refractivity contribution < 1.29 is 4.74 Å². The highest BCUT2D eigenvalue weighted by Gasteiger charge is 2.18. The summed E-state index contributed by atoms with van der Waals surface area (Å²) in [4.78, 5) is 0. The molecule has 0 aliphatic carbocycles. The van der Waals surface area contributed by atoms with Gasteiger partial charge in [-0.3, -0.25) is 0 Å². The van der Waals surface area contributed by atoms with E-state index in [2.05, 4.69) is 25.1 Å². The van der Waals surface area contributed by atoms with Crippen LogP contribution in [0.5, 0.6) is 5.75 Å². The molecule has 0 saturated heterocycles. The van der Waals surface area contributed by atoms with Gasteiger partial charge in [-0.05, 0) is 12.0 Å². The van der Waals surface area contributed by atoms with Gasteiger partial charge in [-0.2, -0.15) is 0 Å². The Hall–Kier alpha value is -1.02. The van der Waals surface area contributed by atoms with Gasteiger partial charge >= 0.3 is 0 Å². The van der Waals surface area contributed by atoms with E-state index in [1.807, 2.05) is 0 Å². The Labute approximate surface area is 85.1 Å². The molecule has 2 nitrogen and oxygen atoms in total. The second kappa shape index (κ2) is 4.01. The van der Waals surface area contributed by atoms with Gasteiger partial charge in [-0.1, -0.05) is 31.5 Å². The van der Waals surface area contributed by atoms with Gasteiger partial charge in [0, 0.05) is 18.0 Å². The molecule has 14 heavy (non-hydrogen) atoms. The molecule has 2 rings (SSSR count). The summed E-state index contributed by atoms with van der Waals surface area (Å²) < 4.78 is 5.62. The van der Waals surface area contributed by atoms with Crippen LogP contribution < -0.4 is 10.5 Å². The maximum Gasteiger partial charge on any atom is 0.127 e. The molecule has 0 amide bonds. The third-order valence-corrected chi connectivity index (χ3v) is 2.74. The van der Waals surface area contributed by atoms with Crippen molar-refractivity contribution >= 4 is 0 Å². The number of benzene rings is 1. The lowest BCUT2D eigenvalue weighted by molar-refractivity contribution is 0.350. The van der Waals surface area contributed by atoms with E-state index in [9.17, 15) is 0 Å². The van der Waals surface area contributed by atoms with Crippen molar-refractivity contribution in [3.05, 3.63) is 29.3 Å². The summed E-state index contributed by atoms with van der Waals surface area (Å²) >= 11 is 0. The van der Waals surface area contributed by atoms with E-state index in [-0.39, 0.29) is 6.04 Å². The summed E-state index contributed by atoms with van der Waals surface area (Å²) in [5.74, 6) is 1.05. The van der Waals surface area contributed by atoms with Crippen LogP contribution in [0.15, 0.2) is 18.2 Å². The van der Waals surface area contributed by atoms with Crippen LogP contribution in [0.4, 0.5) is 0 Å². The monoisotopic (exact) mass is 191 g/mol. The van der Waals surface area contributed by atoms with Crippen LogP contribution in [-0.2, 0) is 6.42 Å². The second-order valence-electron chi connectivity index (χ2n) is 3.83. The minimum atomic E-state index is 0.132. The third kappa shape index (κ3) is 1.62. The highest BCUT2D eigenvalue weighted by atomic mass is 16.5. The molecule has 1 unspecified atom stereocenters. The SMILES string of the molecule is CCCC(N)c1cccc2c1OCC2. The van der Waals surface area contributed by atoms with Crippen LogP contribution >= 0.6 is 0 Å². The molecule has 0 spiro atoms. The Morgan fingerprint density at radius 1 is 1.50 bits per heavy atom. The van der Waals surface area contributed by atoms with Gasteiger partial charge in [-0.15, -0.1) is 0 Å². The van der Waals surface area contributed by atoms with Crippen LogP contribution in [0, 0.1) is 0 Å². The first-order valence-corrected chi connectivity index (χ1v) is 5.33. The fourth-order valence-corrected chi connectivity index (χ4v) is 2.00. The minimum absolute atomic E-state index is 0.132. The van der Waals surface area contributed by atoms with Crippen molar-refractivity contribution in [3.63, 3.8) is 0 Å². The molecule has 0 aromatic heterocycles. The van der Waals surface area contributed by atoms with Gasteiger partial charge in [-0.25, -0.2) is 0 Å². The first kappa shape index (κ1) is 9.53. The number of nitrogens with two attached hydrogens (primary N) is 1. The van der Waals surface area contributed by atoms with Gasteiger partial charge in [0.1, 0.15) is 5.75 Å². The van der Waals surface area contributed by atoms with Crippen molar-refractivity contribution in [2.75, 3.05) is 6.61 Å². The van der Waals surface area contributed by atoms with E-state index < -0.39 is 0 Å². The normalized spacial score (nSPS) is 16.1. The van der Waals surface area contributed by atoms with E-state index in [1.165, 1.54) is 11.1 Å². The molecule has 1 atom stereocenters. The van der Waals surface area contributed by atoms with Gasteiger partial charge < -0.3 is 10.5 Å². The van der Waals surface area contributed by atoms with E-state index >= 15 is 0 Å². The van der Waals surface area contributed by atoms with Crippen LogP contribution in [0.3, 0.4) is 0 Å². The smallest absolute Gasteiger partial charge is 0.127 e. The molecule has 0 bridgehead atoms. The average molecular weight is 191 g/mol. The predicted octanol–water partition coefficient (Wildman–Crippen LogP) is 2.42.